The zero-order valence-electron chi connectivity index (χ0n) is 6.08. The highest BCUT2D eigenvalue weighted by molar-refractivity contribution is 7.67. The van der Waals surface area contributed by atoms with E-state index in [1.165, 1.54) is 20.8 Å². The Morgan fingerprint density at radius 2 is 1.60 bits per heavy atom. The highest BCUT2D eigenvalue weighted by atomic mass is 31.2. The van der Waals surface area contributed by atoms with Crippen molar-refractivity contribution >= 4 is 13.1 Å². The van der Waals surface area contributed by atoms with E-state index in [9.17, 15) is 19.1 Å². The summed E-state index contributed by atoms with van der Waals surface area (Å²) in [5, 5.41) is 0. The molecule has 0 amide bonds. The summed E-state index contributed by atoms with van der Waals surface area (Å²) < 4.78 is 10.1. The van der Waals surface area contributed by atoms with Crippen LogP contribution < -0.4 is 9.79 Å². The molecule has 0 rings (SSSR count). The van der Waals surface area contributed by atoms with E-state index in [1.54, 1.807) is 0 Å². The fourth-order valence-corrected chi connectivity index (χ4v) is 1.23. The SMILES string of the molecule is CC(C)(C)C(=O)P(=O)([O-])[O-]. The third-order valence-electron chi connectivity index (χ3n) is 0.890. The van der Waals surface area contributed by atoms with Gasteiger partial charge in [-0.05, 0) is 0 Å². The summed E-state index contributed by atoms with van der Waals surface area (Å²) in [6.45, 7) is 4.16. The maximum atomic E-state index is 10.6. The van der Waals surface area contributed by atoms with E-state index in [1.807, 2.05) is 0 Å². The summed E-state index contributed by atoms with van der Waals surface area (Å²) in [5.74, 6) is 0. The number of rotatable bonds is 1. The smallest absolute Gasteiger partial charge is 0.167 e. The van der Waals surface area contributed by atoms with Crippen LogP contribution in [0.15, 0.2) is 0 Å². The number of hydrogen-bond acceptors (Lipinski definition) is 4. The van der Waals surface area contributed by atoms with Gasteiger partial charge in [-0.15, -0.1) is 0 Å². The van der Waals surface area contributed by atoms with E-state index in [2.05, 4.69) is 0 Å². The molecule has 0 aliphatic heterocycles. The minimum atomic E-state index is -5.02. The van der Waals surface area contributed by atoms with E-state index in [4.69, 9.17) is 0 Å². The first kappa shape index (κ1) is 9.82. The third kappa shape index (κ3) is 2.60. The van der Waals surface area contributed by atoms with Gasteiger partial charge < -0.3 is 14.4 Å². The molecule has 0 aliphatic rings. The van der Waals surface area contributed by atoms with E-state index in [0.717, 1.165) is 0 Å². The lowest BCUT2D eigenvalue weighted by atomic mass is 10.00. The van der Waals surface area contributed by atoms with Gasteiger partial charge >= 0.3 is 0 Å². The molecule has 0 aliphatic carbocycles. The van der Waals surface area contributed by atoms with Crippen molar-refractivity contribution in [2.75, 3.05) is 0 Å². The topological polar surface area (TPSA) is 80.3 Å². The van der Waals surface area contributed by atoms with Crippen LogP contribution in [0.3, 0.4) is 0 Å². The second kappa shape index (κ2) is 2.46. The van der Waals surface area contributed by atoms with Crippen LogP contribution in [0.1, 0.15) is 20.8 Å². The molecule has 0 N–H and O–H groups in total. The molecule has 10 heavy (non-hydrogen) atoms. The molecule has 0 aromatic carbocycles. The molecular weight excluding hydrogens is 155 g/mol. The van der Waals surface area contributed by atoms with Crippen molar-refractivity contribution in [3.05, 3.63) is 0 Å². The molecule has 60 valence electrons. The van der Waals surface area contributed by atoms with Crippen LogP contribution in [0.25, 0.3) is 0 Å². The monoisotopic (exact) mass is 164 g/mol. The zero-order valence-corrected chi connectivity index (χ0v) is 6.97. The number of hydrogen-bond donors (Lipinski definition) is 0. The second-order valence-electron chi connectivity index (χ2n) is 3.05. The van der Waals surface area contributed by atoms with Crippen molar-refractivity contribution in [2.24, 2.45) is 5.41 Å². The number of carbonyl (C=O) groups is 1. The Hall–Kier alpha value is -0.180. The van der Waals surface area contributed by atoms with Crippen LogP contribution in [0, 0.1) is 5.41 Å². The summed E-state index contributed by atoms with van der Waals surface area (Å²) in [6, 6.07) is 0. The standard InChI is InChI=1S/C5H11O4P/c1-5(2,3)4(6)10(7,8)9/h1-3H3,(H2,7,8,9)/p-2. The molecule has 0 saturated carbocycles. The van der Waals surface area contributed by atoms with Gasteiger partial charge in [-0.2, -0.15) is 0 Å². The molecule has 0 spiro atoms. The maximum Gasteiger partial charge on any atom is 0.167 e. The molecule has 5 heteroatoms. The van der Waals surface area contributed by atoms with Crippen molar-refractivity contribution in [1.29, 1.82) is 0 Å². The Bertz CT molecular complexity index is 184. The van der Waals surface area contributed by atoms with Gasteiger partial charge in [-0.1, -0.05) is 20.8 Å². The van der Waals surface area contributed by atoms with Gasteiger partial charge in [-0.3, -0.25) is 4.79 Å². The van der Waals surface area contributed by atoms with Crippen LogP contribution in [-0.4, -0.2) is 5.52 Å². The zero-order chi connectivity index (χ0) is 8.58. The van der Waals surface area contributed by atoms with Crippen LogP contribution in [0.5, 0.6) is 0 Å². The van der Waals surface area contributed by atoms with Gasteiger partial charge in [-0.25, -0.2) is 0 Å². The van der Waals surface area contributed by atoms with Crippen molar-refractivity contribution < 1.29 is 19.1 Å². The van der Waals surface area contributed by atoms with Crippen molar-refractivity contribution in [2.45, 2.75) is 20.8 Å². The van der Waals surface area contributed by atoms with Crippen LogP contribution in [0.4, 0.5) is 0 Å². The van der Waals surface area contributed by atoms with Crippen LogP contribution in [0.2, 0.25) is 0 Å². The first-order chi connectivity index (χ1) is 4.15. The highest BCUT2D eigenvalue weighted by Gasteiger charge is 2.23. The van der Waals surface area contributed by atoms with Gasteiger partial charge in [0.1, 0.15) is 0 Å². The van der Waals surface area contributed by atoms with Crippen LogP contribution >= 0.6 is 7.60 Å². The molecule has 0 fully saturated rings. The predicted octanol–water partition coefficient (Wildman–Crippen LogP) is -0.527. The maximum absolute atomic E-state index is 10.6. The van der Waals surface area contributed by atoms with E-state index >= 15 is 0 Å². The number of carbonyl (C=O) groups excluding carboxylic acids is 1. The Balaban J connectivity index is 4.57. The van der Waals surface area contributed by atoms with Gasteiger partial charge in [0.15, 0.2) is 5.52 Å². The predicted molar refractivity (Wildman–Crippen MR) is 32.1 cm³/mol. The van der Waals surface area contributed by atoms with Gasteiger partial charge in [0.2, 0.25) is 0 Å². The summed E-state index contributed by atoms with van der Waals surface area (Å²) >= 11 is 0. The summed E-state index contributed by atoms with van der Waals surface area (Å²) in [7, 11) is -5.02. The molecule has 0 saturated heterocycles. The molecule has 4 nitrogen and oxygen atoms in total. The first-order valence-electron chi connectivity index (χ1n) is 2.73. The molecule has 0 unspecified atom stereocenters. The summed E-state index contributed by atoms with van der Waals surface area (Å²) in [5.41, 5.74) is -2.32. The Morgan fingerprint density at radius 1 is 1.30 bits per heavy atom. The van der Waals surface area contributed by atoms with Gasteiger partial charge in [0.05, 0.1) is 0 Å². The minimum Gasteiger partial charge on any atom is -0.805 e. The second-order valence-corrected chi connectivity index (χ2v) is 4.45. The summed E-state index contributed by atoms with van der Waals surface area (Å²) in [6.07, 6.45) is 0. The lowest BCUT2D eigenvalue weighted by Gasteiger charge is -2.33. The average Bonchev–Trinajstić information content (AvgIpc) is 1.59. The first-order valence-corrected chi connectivity index (χ1v) is 4.27. The Kier molecular flexibility index (Phi) is 2.41. The van der Waals surface area contributed by atoms with Crippen LogP contribution in [-0.2, 0) is 9.36 Å². The Morgan fingerprint density at radius 3 is 1.60 bits per heavy atom. The molecule has 0 heterocycles. The minimum absolute atomic E-state index is 1.08. The van der Waals surface area contributed by atoms with Gasteiger partial charge in [0, 0.05) is 13.0 Å². The lowest BCUT2D eigenvalue weighted by Crippen LogP contribution is -2.30. The molecule has 0 atom stereocenters. The lowest BCUT2D eigenvalue weighted by molar-refractivity contribution is -0.311. The Labute approximate surface area is 59.4 Å². The van der Waals surface area contributed by atoms with Crippen molar-refractivity contribution in [3.63, 3.8) is 0 Å². The van der Waals surface area contributed by atoms with Gasteiger partial charge in [0.25, 0.3) is 0 Å². The van der Waals surface area contributed by atoms with E-state index in [-0.39, 0.29) is 0 Å². The molecule has 0 aromatic rings. The molecule has 0 bridgehead atoms. The molecular formula is C5H9O4P-2. The fraction of sp³-hybridized carbons (Fsp3) is 0.800. The summed E-state index contributed by atoms with van der Waals surface area (Å²) in [4.78, 5) is 30.8. The quantitative estimate of drug-likeness (QED) is 0.488. The van der Waals surface area contributed by atoms with E-state index < -0.39 is 18.5 Å². The normalized spacial score (nSPS) is 13.3. The largest absolute Gasteiger partial charge is 0.805 e. The fourth-order valence-electron chi connectivity index (χ4n) is 0.411. The van der Waals surface area contributed by atoms with E-state index in [0.29, 0.717) is 0 Å². The van der Waals surface area contributed by atoms with Crippen molar-refractivity contribution in [3.8, 4) is 0 Å². The molecule has 0 aromatic heterocycles. The van der Waals surface area contributed by atoms with Crippen molar-refractivity contribution in [1.82, 2.24) is 0 Å². The third-order valence-corrected chi connectivity index (χ3v) is 2.06. The highest BCUT2D eigenvalue weighted by Crippen LogP contribution is 2.35. The average molecular weight is 164 g/mol. The molecule has 0 radical (unpaired) electrons.